The number of rotatable bonds is 3. The third-order valence-electron chi connectivity index (χ3n) is 12.8. The van der Waals surface area contributed by atoms with Gasteiger partial charge < -0.3 is 19.1 Å². The van der Waals surface area contributed by atoms with Crippen LogP contribution in [0.15, 0.2) is 48.6 Å². The fourth-order valence-electron chi connectivity index (χ4n) is 9.14. The first-order chi connectivity index (χ1) is 25.4. The minimum Gasteiger partial charge on any atom is -0.487 e. The summed E-state index contributed by atoms with van der Waals surface area (Å²) >= 11 is 6.41. The zero-order valence-electron chi connectivity index (χ0n) is 31.8. The number of nitrogens with one attached hydrogen (secondary N) is 1. The van der Waals surface area contributed by atoms with Gasteiger partial charge in [-0.1, -0.05) is 36.7 Å². The van der Waals surface area contributed by atoms with Gasteiger partial charge in [0.1, 0.15) is 18.0 Å². The van der Waals surface area contributed by atoms with Gasteiger partial charge in [-0.25, -0.2) is 13.1 Å². The highest BCUT2D eigenvalue weighted by Gasteiger charge is 2.49. The van der Waals surface area contributed by atoms with Crippen LogP contribution in [0.25, 0.3) is 0 Å². The van der Waals surface area contributed by atoms with Gasteiger partial charge in [0, 0.05) is 69.6 Å². The molecule has 53 heavy (non-hydrogen) atoms. The maximum absolute atomic E-state index is 13.6. The Kier molecular flexibility index (Phi) is 11.8. The molecule has 0 radical (unpaired) electrons. The number of fused-ring (bicyclic) bond motifs is 4. The molecule has 4 heterocycles. The number of aryl methyl sites for hydroxylation is 1. The highest BCUT2D eigenvalue weighted by atomic mass is 35.5. The number of anilines is 1. The second-order valence-electron chi connectivity index (χ2n) is 16.2. The molecule has 5 aliphatic rings. The summed E-state index contributed by atoms with van der Waals surface area (Å²) in [6.07, 6.45) is 10.1. The number of hydrogen-bond donors (Lipinski definition) is 1. The fraction of sp³-hybridized carbons (Fsp3) is 0.634. The van der Waals surface area contributed by atoms with Crippen molar-refractivity contribution in [2.24, 2.45) is 17.8 Å². The molecule has 2 aromatic carbocycles. The van der Waals surface area contributed by atoms with E-state index >= 15 is 0 Å². The summed E-state index contributed by atoms with van der Waals surface area (Å²) in [5.74, 6) is 0.424. The average Bonchev–Trinajstić information content (AvgIpc) is 3.15. The lowest BCUT2D eigenvalue weighted by Crippen LogP contribution is -2.63. The molecule has 7 rings (SSSR count). The van der Waals surface area contributed by atoms with Gasteiger partial charge >= 0.3 is 0 Å². The van der Waals surface area contributed by atoms with E-state index in [0.717, 1.165) is 95.8 Å². The molecule has 1 amide bonds. The summed E-state index contributed by atoms with van der Waals surface area (Å²) in [7, 11) is -2.12. The average molecular weight is 769 g/mol. The molecule has 0 spiro atoms. The molecule has 1 N–H and O–H groups in total. The number of morpholine rings is 1. The van der Waals surface area contributed by atoms with Gasteiger partial charge in [0.2, 0.25) is 10.0 Å². The molecule has 4 aliphatic heterocycles. The summed E-state index contributed by atoms with van der Waals surface area (Å²) in [6, 6.07) is 11.7. The molecule has 1 aliphatic carbocycles. The van der Waals surface area contributed by atoms with E-state index in [1.165, 1.54) is 5.56 Å². The van der Waals surface area contributed by atoms with Crippen LogP contribution in [0.5, 0.6) is 5.75 Å². The number of allylic oxidation sites excluding steroid dienone is 1. The lowest BCUT2D eigenvalue weighted by atomic mass is 9.63. The highest BCUT2D eigenvalue weighted by molar-refractivity contribution is 7.90. The number of methoxy groups -OCH3 is 1. The van der Waals surface area contributed by atoms with Gasteiger partial charge in [-0.3, -0.25) is 14.6 Å². The summed E-state index contributed by atoms with van der Waals surface area (Å²) in [4.78, 5) is 21.1. The Labute approximate surface area is 321 Å². The van der Waals surface area contributed by atoms with Crippen molar-refractivity contribution >= 4 is 33.2 Å². The first-order valence-electron chi connectivity index (χ1n) is 19.6. The third-order valence-corrected chi connectivity index (χ3v) is 14.9. The van der Waals surface area contributed by atoms with Gasteiger partial charge in [0.15, 0.2) is 0 Å². The molecule has 1 saturated carbocycles. The quantitative estimate of drug-likeness (QED) is 0.382. The van der Waals surface area contributed by atoms with Crippen molar-refractivity contribution in [3.05, 3.63) is 70.3 Å². The lowest BCUT2D eigenvalue weighted by molar-refractivity contribution is -0.117. The monoisotopic (exact) mass is 768 g/mol. The number of amides is 1. The van der Waals surface area contributed by atoms with Gasteiger partial charge in [0.05, 0.1) is 23.6 Å². The van der Waals surface area contributed by atoms with Crippen molar-refractivity contribution in [3.63, 3.8) is 0 Å². The molecule has 10 nitrogen and oxygen atoms in total. The number of halogens is 1. The van der Waals surface area contributed by atoms with Crippen molar-refractivity contribution in [1.82, 2.24) is 14.5 Å². The van der Waals surface area contributed by atoms with Crippen molar-refractivity contribution in [1.29, 1.82) is 0 Å². The number of piperazine rings is 1. The van der Waals surface area contributed by atoms with Gasteiger partial charge in [-0.2, -0.15) is 0 Å². The van der Waals surface area contributed by atoms with E-state index in [2.05, 4.69) is 38.5 Å². The van der Waals surface area contributed by atoms with Crippen molar-refractivity contribution in [3.8, 4) is 5.75 Å². The standard InChI is InChI=1S/C41H57ClN4O6S/c1-28-8-7-16-41(50-4,27-44-18-19-45-22-29(2)51-26-36(45)24-44)37-14-11-33(37)23-46-17-6-5-9-31-20-35(42)13-10-34(31)25-52-39-15-12-32(21-38(39)46)40(47)43-53(48,49)30(28)3/h7,10,12-13,15-16,20-21,28-30,33,36-37H,5-6,8-9,11,14,17-19,22-27H2,1-4H3,(H,43,47)/b16-7+/t28-,29-,30+,33-,36-,37+,41-/m0/s1. The summed E-state index contributed by atoms with van der Waals surface area (Å²) in [5.41, 5.74) is 2.84. The predicted octanol–water partition coefficient (Wildman–Crippen LogP) is 5.92. The second-order valence-corrected chi connectivity index (χ2v) is 18.7. The van der Waals surface area contributed by atoms with E-state index in [1.54, 1.807) is 13.0 Å². The van der Waals surface area contributed by atoms with Crippen molar-refractivity contribution in [2.75, 3.05) is 64.4 Å². The number of hydrogen-bond acceptors (Lipinski definition) is 9. The van der Waals surface area contributed by atoms with E-state index < -0.39 is 26.8 Å². The molecule has 2 bridgehead atoms. The molecule has 0 unspecified atom stereocenters. The minimum atomic E-state index is -3.96. The first kappa shape index (κ1) is 38.6. The summed E-state index contributed by atoms with van der Waals surface area (Å²) in [5, 5.41) is -0.0675. The maximum Gasteiger partial charge on any atom is 0.264 e. The fourth-order valence-corrected chi connectivity index (χ4v) is 10.6. The SMILES string of the molecule is CO[C@]1(CN2CCN3C[C@H](C)OC[C@@H]3C2)/C=C/C[C@H](C)[C@@H](C)S(=O)(=O)NC(=O)c2ccc3c(c2)N(CCCCc2cc(Cl)ccc2CO3)C[C@@H]2CC[C@H]21. The molecule has 3 fully saturated rings. The first-order valence-corrected chi connectivity index (χ1v) is 21.5. The Hall–Kier alpha value is -2.67. The Morgan fingerprint density at radius 1 is 1.00 bits per heavy atom. The second kappa shape index (κ2) is 16.2. The van der Waals surface area contributed by atoms with E-state index in [1.807, 2.05) is 44.4 Å². The van der Waals surface area contributed by atoms with Crippen LogP contribution in [0.3, 0.4) is 0 Å². The topological polar surface area (TPSA) is 101 Å². The van der Waals surface area contributed by atoms with E-state index in [9.17, 15) is 13.2 Å². The minimum absolute atomic E-state index is 0.227. The van der Waals surface area contributed by atoms with Crippen molar-refractivity contribution < 1.29 is 27.4 Å². The molecule has 0 aromatic heterocycles. The Morgan fingerprint density at radius 2 is 1.85 bits per heavy atom. The van der Waals surface area contributed by atoms with Crippen LogP contribution in [0.1, 0.15) is 74.4 Å². The number of carbonyl (C=O) groups excluding carboxylic acids is 1. The van der Waals surface area contributed by atoms with Crippen LogP contribution in [0.4, 0.5) is 5.69 Å². The van der Waals surface area contributed by atoms with Gasteiger partial charge in [-0.05, 0) is 112 Å². The maximum atomic E-state index is 13.6. The Morgan fingerprint density at radius 3 is 2.64 bits per heavy atom. The zero-order chi connectivity index (χ0) is 37.3. The van der Waals surface area contributed by atoms with E-state index in [4.69, 9.17) is 25.8 Å². The molecule has 12 heteroatoms. The van der Waals surface area contributed by atoms with Gasteiger partial charge in [-0.15, -0.1) is 0 Å². The number of nitrogens with zero attached hydrogens (tertiary/aromatic N) is 3. The largest absolute Gasteiger partial charge is 0.487 e. The lowest BCUT2D eigenvalue weighted by Gasteiger charge is -2.53. The Balaban J connectivity index is 1.24. The van der Waals surface area contributed by atoms with Crippen LogP contribution in [0, 0.1) is 17.8 Å². The molecule has 2 aromatic rings. The van der Waals surface area contributed by atoms with Gasteiger partial charge in [0.25, 0.3) is 5.91 Å². The predicted molar refractivity (Wildman–Crippen MR) is 209 cm³/mol. The normalized spacial score (nSPS) is 33.5. The number of carbonyl (C=O) groups is 1. The van der Waals surface area contributed by atoms with Crippen LogP contribution in [-0.2, 0) is 32.5 Å². The molecule has 290 valence electrons. The van der Waals surface area contributed by atoms with Crippen LogP contribution >= 0.6 is 11.6 Å². The van der Waals surface area contributed by atoms with E-state index in [-0.39, 0.29) is 17.9 Å². The summed E-state index contributed by atoms with van der Waals surface area (Å²) in [6.45, 7) is 13.1. The zero-order valence-corrected chi connectivity index (χ0v) is 33.3. The number of ether oxygens (including phenoxy) is 3. The molecular weight excluding hydrogens is 712 g/mol. The number of sulfonamides is 1. The third kappa shape index (κ3) is 8.45. The Bertz CT molecular complexity index is 1770. The smallest absolute Gasteiger partial charge is 0.264 e. The van der Waals surface area contributed by atoms with Crippen LogP contribution in [0.2, 0.25) is 5.02 Å². The van der Waals surface area contributed by atoms with Crippen molar-refractivity contribution in [2.45, 2.75) is 88.9 Å². The highest BCUT2D eigenvalue weighted by Crippen LogP contribution is 2.47. The molecule has 2 saturated heterocycles. The molecular formula is C41H57ClN4O6S. The van der Waals surface area contributed by atoms with Crippen LogP contribution < -0.4 is 14.4 Å². The van der Waals surface area contributed by atoms with Crippen LogP contribution in [-0.4, -0.2) is 107 Å². The molecule has 7 atom stereocenters. The summed E-state index contributed by atoms with van der Waals surface area (Å²) < 4.78 is 48.9. The number of benzene rings is 2. The van der Waals surface area contributed by atoms with E-state index in [0.29, 0.717) is 41.3 Å².